The number of hydrogen-bond acceptors (Lipinski definition) is 4. The highest BCUT2D eigenvalue weighted by Gasteiger charge is 2.16. The summed E-state index contributed by atoms with van der Waals surface area (Å²) in [5.41, 5.74) is 2.01. The van der Waals surface area contributed by atoms with Crippen LogP contribution in [0.5, 0.6) is 0 Å². The fraction of sp³-hybridized carbons (Fsp3) is 0.727. The van der Waals surface area contributed by atoms with Gasteiger partial charge in [-0.1, -0.05) is 20.8 Å². The minimum Gasteiger partial charge on any atom is -0.392 e. The van der Waals surface area contributed by atoms with Gasteiger partial charge in [-0.25, -0.2) is 0 Å². The number of hydrogen-bond donors (Lipinski definition) is 2. The standard InChI is InChI=1S/C11H20N2OS/c1-11(2,3)4-9(14)5-12-6-10-7-13-8-15-10/h7-9,12,14H,4-6H2,1-3H3. The molecule has 2 N–H and O–H groups in total. The van der Waals surface area contributed by atoms with Crippen molar-refractivity contribution in [2.75, 3.05) is 6.54 Å². The number of nitrogens with one attached hydrogen (secondary N) is 1. The summed E-state index contributed by atoms with van der Waals surface area (Å²) in [4.78, 5) is 5.20. The van der Waals surface area contributed by atoms with Crippen molar-refractivity contribution in [1.82, 2.24) is 10.3 Å². The Morgan fingerprint density at radius 1 is 1.53 bits per heavy atom. The Balaban J connectivity index is 2.15. The third-order valence-electron chi connectivity index (χ3n) is 2.01. The molecule has 0 bridgehead atoms. The Hall–Kier alpha value is -0.450. The lowest BCUT2D eigenvalue weighted by molar-refractivity contribution is 0.119. The number of aliphatic hydroxyl groups excluding tert-OH is 1. The van der Waals surface area contributed by atoms with Gasteiger partial charge < -0.3 is 10.4 Å². The highest BCUT2D eigenvalue weighted by molar-refractivity contribution is 7.09. The molecule has 4 heteroatoms. The molecule has 1 heterocycles. The summed E-state index contributed by atoms with van der Waals surface area (Å²) in [6, 6.07) is 0. The smallest absolute Gasteiger partial charge is 0.0794 e. The van der Waals surface area contributed by atoms with Crippen molar-refractivity contribution >= 4 is 11.3 Å². The molecule has 0 aromatic carbocycles. The second-order valence-electron chi connectivity index (χ2n) is 5.02. The monoisotopic (exact) mass is 228 g/mol. The van der Waals surface area contributed by atoms with Crippen LogP contribution < -0.4 is 5.32 Å². The Morgan fingerprint density at radius 3 is 2.80 bits per heavy atom. The number of rotatable bonds is 5. The second kappa shape index (κ2) is 5.58. The molecule has 15 heavy (non-hydrogen) atoms. The van der Waals surface area contributed by atoms with Gasteiger partial charge in [-0.3, -0.25) is 4.98 Å². The van der Waals surface area contributed by atoms with Gasteiger partial charge >= 0.3 is 0 Å². The van der Waals surface area contributed by atoms with Gasteiger partial charge in [-0.15, -0.1) is 11.3 Å². The van der Waals surface area contributed by atoms with Crippen LogP contribution in [0.2, 0.25) is 0 Å². The van der Waals surface area contributed by atoms with E-state index in [0.717, 1.165) is 13.0 Å². The molecule has 3 nitrogen and oxygen atoms in total. The van der Waals surface area contributed by atoms with E-state index in [9.17, 15) is 5.11 Å². The Kier molecular flexibility index (Phi) is 4.70. The molecule has 1 rings (SSSR count). The molecule has 0 amide bonds. The number of thiazole rings is 1. The first-order valence-corrected chi connectivity index (χ1v) is 6.11. The minimum absolute atomic E-state index is 0.186. The lowest BCUT2D eigenvalue weighted by atomic mass is 9.89. The largest absolute Gasteiger partial charge is 0.392 e. The zero-order valence-corrected chi connectivity index (χ0v) is 10.5. The van der Waals surface area contributed by atoms with E-state index in [4.69, 9.17) is 0 Å². The summed E-state index contributed by atoms with van der Waals surface area (Å²) >= 11 is 1.63. The maximum Gasteiger partial charge on any atom is 0.0794 e. The van der Waals surface area contributed by atoms with Crippen molar-refractivity contribution < 1.29 is 5.11 Å². The molecular weight excluding hydrogens is 208 g/mol. The van der Waals surface area contributed by atoms with Crippen LogP contribution in [-0.4, -0.2) is 22.7 Å². The summed E-state index contributed by atoms with van der Waals surface area (Å²) in [5.74, 6) is 0. The van der Waals surface area contributed by atoms with E-state index in [-0.39, 0.29) is 11.5 Å². The van der Waals surface area contributed by atoms with Crippen LogP contribution in [-0.2, 0) is 6.54 Å². The van der Waals surface area contributed by atoms with Crippen molar-refractivity contribution in [3.8, 4) is 0 Å². The molecule has 1 aromatic rings. The number of nitrogens with zero attached hydrogens (tertiary/aromatic N) is 1. The van der Waals surface area contributed by atoms with Crippen molar-refractivity contribution in [2.24, 2.45) is 5.41 Å². The topological polar surface area (TPSA) is 45.1 Å². The van der Waals surface area contributed by atoms with Gasteiger partial charge in [0.1, 0.15) is 0 Å². The van der Waals surface area contributed by atoms with E-state index in [0.29, 0.717) is 6.54 Å². The first-order chi connectivity index (χ1) is 6.97. The van der Waals surface area contributed by atoms with Crippen LogP contribution in [0.1, 0.15) is 32.1 Å². The highest BCUT2D eigenvalue weighted by atomic mass is 32.1. The molecule has 0 saturated heterocycles. The molecule has 0 saturated carbocycles. The van der Waals surface area contributed by atoms with E-state index >= 15 is 0 Å². The van der Waals surface area contributed by atoms with Crippen molar-refractivity contribution in [1.29, 1.82) is 0 Å². The van der Waals surface area contributed by atoms with Crippen molar-refractivity contribution in [2.45, 2.75) is 39.8 Å². The zero-order chi connectivity index (χ0) is 11.3. The van der Waals surface area contributed by atoms with E-state index in [1.165, 1.54) is 4.88 Å². The van der Waals surface area contributed by atoms with Gasteiger partial charge in [0.25, 0.3) is 0 Å². The maximum absolute atomic E-state index is 9.74. The molecule has 0 aliphatic rings. The van der Waals surface area contributed by atoms with Gasteiger partial charge in [-0.2, -0.15) is 0 Å². The third kappa shape index (κ3) is 5.87. The van der Waals surface area contributed by atoms with Crippen molar-refractivity contribution in [3.63, 3.8) is 0 Å². The molecular formula is C11H20N2OS. The van der Waals surface area contributed by atoms with Crippen LogP contribution in [0.3, 0.4) is 0 Å². The first-order valence-electron chi connectivity index (χ1n) is 5.23. The van der Waals surface area contributed by atoms with Crippen LogP contribution in [0.4, 0.5) is 0 Å². The fourth-order valence-electron chi connectivity index (χ4n) is 1.47. The van der Waals surface area contributed by atoms with Crippen LogP contribution >= 0.6 is 11.3 Å². The van der Waals surface area contributed by atoms with Gasteiger partial charge in [0.2, 0.25) is 0 Å². The zero-order valence-electron chi connectivity index (χ0n) is 9.66. The predicted octanol–water partition coefficient (Wildman–Crippen LogP) is 2.03. The van der Waals surface area contributed by atoms with Gasteiger partial charge in [0.15, 0.2) is 0 Å². The van der Waals surface area contributed by atoms with Gasteiger partial charge in [0, 0.05) is 24.2 Å². The summed E-state index contributed by atoms with van der Waals surface area (Å²) in [7, 11) is 0. The summed E-state index contributed by atoms with van der Waals surface area (Å²) in [6.45, 7) is 7.86. The summed E-state index contributed by atoms with van der Waals surface area (Å²) in [5, 5.41) is 13.0. The molecule has 0 fully saturated rings. The summed E-state index contributed by atoms with van der Waals surface area (Å²) in [6.07, 6.45) is 2.41. The Labute approximate surface area is 95.6 Å². The quantitative estimate of drug-likeness (QED) is 0.810. The lowest BCUT2D eigenvalue weighted by Gasteiger charge is -2.22. The minimum atomic E-state index is -0.266. The average molecular weight is 228 g/mol. The van der Waals surface area contributed by atoms with Gasteiger partial charge in [-0.05, 0) is 11.8 Å². The summed E-state index contributed by atoms with van der Waals surface area (Å²) < 4.78 is 0. The molecule has 1 unspecified atom stereocenters. The molecule has 0 radical (unpaired) electrons. The normalized spacial score (nSPS) is 14.1. The molecule has 0 aliphatic heterocycles. The number of aliphatic hydroxyl groups is 1. The molecule has 86 valence electrons. The number of aromatic nitrogens is 1. The van der Waals surface area contributed by atoms with Crippen molar-refractivity contribution in [3.05, 3.63) is 16.6 Å². The van der Waals surface area contributed by atoms with Crippen LogP contribution in [0.15, 0.2) is 11.7 Å². The Bertz CT molecular complexity index is 267. The highest BCUT2D eigenvalue weighted by Crippen LogP contribution is 2.20. The van der Waals surface area contributed by atoms with Crippen LogP contribution in [0.25, 0.3) is 0 Å². The Morgan fingerprint density at radius 2 is 2.27 bits per heavy atom. The van der Waals surface area contributed by atoms with Gasteiger partial charge in [0.05, 0.1) is 11.6 Å². The van der Waals surface area contributed by atoms with E-state index in [1.54, 1.807) is 11.3 Å². The van der Waals surface area contributed by atoms with E-state index < -0.39 is 0 Å². The fourth-order valence-corrected chi connectivity index (χ4v) is 2.03. The van der Waals surface area contributed by atoms with E-state index in [2.05, 4.69) is 31.1 Å². The molecule has 0 spiro atoms. The predicted molar refractivity (Wildman–Crippen MR) is 63.9 cm³/mol. The lowest BCUT2D eigenvalue weighted by Crippen LogP contribution is -2.29. The van der Waals surface area contributed by atoms with Crippen LogP contribution in [0, 0.1) is 5.41 Å². The molecule has 1 atom stereocenters. The molecule has 0 aliphatic carbocycles. The first kappa shape index (κ1) is 12.6. The third-order valence-corrected chi connectivity index (χ3v) is 2.79. The second-order valence-corrected chi connectivity index (χ2v) is 5.99. The molecule has 1 aromatic heterocycles. The van der Waals surface area contributed by atoms with E-state index in [1.807, 2.05) is 11.7 Å². The SMILES string of the molecule is CC(C)(C)CC(O)CNCc1cncs1. The maximum atomic E-state index is 9.74. The average Bonchev–Trinajstić information content (AvgIpc) is 2.53.